The fourth-order valence-corrected chi connectivity index (χ4v) is 0.400. The van der Waals surface area contributed by atoms with Gasteiger partial charge in [-0.1, -0.05) is 18.7 Å². The lowest BCUT2D eigenvalue weighted by Gasteiger charge is -1.83. The van der Waals surface area contributed by atoms with Crippen molar-refractivity contribution in [1.29, 1.82) is 0 Å². The van der Waals surface area contributed by atoms with Crippen molar-refractivity contribution in [2.24, 2.45) is 0 Å². The SMILES string of the molecule is C=C(C)C(=O)O.Nc1cc[c]cc1. The van der Waals surface area contributed by atoms with Crippen molar-refractivity contribution in [3.63, 3.8) is 0 Å². The zero-order valence-corrected chi connectivity index (χ0v) is 7.45. The van der Waals surface area contributed by atoms with Gasteiger partial charge in [-0.25, -0.2) is 4.79 Å². The van der Waals surface area contributed by atoms with Crippen molar-refractivity contribution in [2.75, 3.05) is 5.73 Å². The summed E-state index contributed by atoms with van der Waals surface area (Å²) in [6, 6.07) is 10.0. The summed E-state index contributed by atoms with van der Waals surface area (Å²) in [7, 11) is 0. The minimum Gasteiger partial charge on any atom is -0.478 e. The second-order valence-electron chi connectivity index (χ2n) is 2.42. The zero-order valence-electron chi connectivity index (χ0n) is 7.45. The van der Waals surface area contributed by atoms with Gasteiger partial charge in [-0.2, -0.15) is 0 Å². The summed E-state index contributed by atoms with van der Waals surface area (Å²) < 4.78 is 0. The van der Waals surface area contributed by atoms with Crippen molar-refractivity contribution in [2.45, 2.75) is 6.92 Å². The third-order valence-corrected chi connectivity index (χ3v) is 1.11. The number of hydrogen-bond donors (Lipinski definition) is 2. The molecule has 0 saturated heterocycles. The van der Waals surface area contributed by atoms with E-state index in [1.807, 2.05) is 0 Å². The maximum atomic E-state index is 9.60. The molecule has 1 aromatic carbocycles. The molecule has 0 amide bonds. The molecule has 0 saturated carbocycles. The molecule has 0 atom stereocenters. The molecule has 0 aliphatic carbocycles. The Kier molecular flexibility index (Phi) is 5.03. The lowest BCUT2D eigenvalue weighted by molar-refractivity contribution is -0.132. The first-order valence-electron chi connectivity index (χ1n) is 3.64. The van der Waals surface area contributed by atoms with Crippen LogP contribution in [0.2, 0.25) is 0 Å². The van der Waals surface area contributed by atoms with Crippen molar-refractivity contribution in [3.05, 3.63) is 42.5 Å². The highest BCUT2D eigenvalue weighted by Crippen LogP contribution is 1.95. The van der Waals surface area contributed by atoms with Crippen LogP contribution in [0.5, 0.6) is 0 Å². The van der Waals surface area contributed by atoms with Crippen LogP contribution in [-0.2, 0) is 4.79 Å². The maximum Gasteiger partial charge on any atom is 0.330 e. The molecule has 1 aromatic rings. The monoisotopic (exact) mass is 178 g/mol. The van der Waals surface area contributed by atoms with Gasteiger partial charge in [-0.3, -0.25) is 0 Å². The van der Waals surface area contributed by atoms with Gasteiger partial charge in [0.15, 0.2) is 0 Å². The number of rotatable bonds is 1. The second-order valence-corrected chi connectivity index (χ2v) is 2.42. The zero-order chi connectivity index (χ0) is 10.3. The van der Waals surface area contributed by atoms with Gasteiger partial charge in [-0.15, -0.1) is 0 Å². The Morgan fingerprint density at radius 3 is 2.08 bits per heavy atom. The van der Waals surface area contributed by atoms with Crippen LogP contribution in [0.1, 0.15) is 6.92 Å². The van der Waals surface area contributed by atoms with E-state index in [-0.39, 0.29) is 5.57 Å². The average Bonchev–Trinajstić information content (AvgIpc) is 2.06. The predicted octanol–water partition coefficient (Wildman–Crippen LogP) is 1.72. The van der Waals surface area contributed by atoms with Crippen molar-refractivity contribution in [1.82, 2.24) is 0 Å². The minimum atomic E-state index is -0.935. The van der Waals surface area contributed by atoms with E-state index in [9.17, 15) is 4.79 Å². The molecule has 3 N–H and O–H groups in total. The largest absolute Gasteiger partial charge is 0.478 e. The number of carboxylic acid groups (broad SMARTS) is 1. The van der Waals surface area contributed by atoms with E-state index in [0.717, 1.165) is 5.69 Å². The summed E-state index contributed by atoms with van der Waals surface area (Å²) in [4.78, 5) is 9.60. The lowest BCUT2D eigenvalue weighted by atomic mass is 10.3. The molecule has 1 rings (SSSR count). The fourth-order valence-electron chi connectivity index (χ4n) is 0.400. The average molecular weight is 178 g/mol. The highest BCUT2D eigenvalue weighted by atomic mass is 16.4. The van der Waals surface area contributed by atoms with Gasteiger partial charge in [-0.05, 0) is 25.1 Å². The first-order chi connectivity index (χ1) is 6.04. The van der Waals surface area contributed by atoms with E-state index in [1.54, 1.807) is 24.3 Å². The van der Waals surface area contributed by atoms with Crippen molar-refractivity contribution in [3.8, 4) is 0 Å². The van der Waals surface area contributed by atoms with Gasteiger partial charge in [0.2, 0.25) is 0 Å². The molecule has 13 heavy (non-hydrogen) atoms. The summed E-state index contributed by atoms with van der Waals surface area (Å²) in [5.74, 6) is -0.935. The van der Waals surface area contributed by atoms with Crippen LogP contribution in [0, 0.1) is 6.07 Å². The number of hydrogen-bond acceptors (Lipinski definition) is 2. The van der Waals surface area contributed by atoms with Crippen molar-refractivity contribution >= 4 is 11.7 Å². The van der Waals surface area contributed by atoms with E-state index in [4.69, 9.17) is 10.8 Å². The van der Waals surface area contributed by atoms with E-state index in [0.29, 0.717) is 0 Å². The van der Waals surface area contributed by atoms with E-state index >= 15 is 0 Å². The molecule has 0 bridgehead atoms. The Balaban J connectivity index is 0.000000226. The highest BCUT2D eigenvalue weighted by molar-refractivity contribution is 5.84. The van der Waals surface area contributed by atoms with Crippen LogP contribution in [0.4, 0.5) is 5.69 Å². The van der Waals surface area contributed by atoms with Crippen LogP contribution in [-0.4, -0.2) is 11.1 Å². The molecule has 0 aliphatic rings. The molecule has 3 heteroatoms. The van der Waals surface area contributed by atoms with E-state index in [1.165, 1.54) is 6.92 Å². The number of nitrogens with two attached hydrogens (primary N) is 1. The highest BCUT2D eigenvalue weighted by Gasteiger charge is 1.90. The molecule has 69 valence electrons. The third kappa shape index (κ3) is 6.62. The van der Waals surface area contributed by atoms with Crippen LogP contribution in [0.25, 0.3) is 0 Å². The molecule has 0 spiro atoms. The first kappa shape index (κ1) is 11.2. The molecular weight excluding hydrogens is 166 g/mol. The second kappa shape index (κ2) is 5.83. The van der Waals surface area contributed by atoms with Crippen LogP contribution in [0.3, 0.4) is 0 Å². The quantitative estimate of drug-likeness (QED) is 0.508. The number of anilines is 1. The molecule has 1 radical (unpaired) electrons. The lowest BCUT2D eigenvalue weighted by Crippen LogP contribution is -1.92. The fraction of sp³-hybridized carbons (Fsp3) is 0.100. The number of carboxylic acids is 1. The van der Waals surface area contributed by atoms with Crippen LogP contribution in [0.15, 0.2) is 36.4 Å². The summed E-state index contributed by atoms with van der Waals surface area (Å²) in [5.41, 5.74) is 6.30. The predicted molar refractivity (Wildman–Crippen MR) is 52.1 cm³/mol. The Labute approximate surface area is 77.5 Å². The molecule has 0 heterocycles. The topological polar surface area (TPSA) is 63.3 Å². The van der Waals surface area contributed by atoms with E-state index < -0.39 is 5.97 Å². The van der Waals surface area contributed by atoms with Crippen LogP contribution >= 0.6 is 0 Å². The van der Waals surface area contributed by atoms with Gasteiger partial charge in [0, 0.05) is 11.3 Å². The normalized spacial score (nSPS) is 8.08. The Morgan fingerprint density at radius 1 is 1.54 bits per heavy atom. The Morgan fingerprint density at radius 2 is 1.92 bits per heavy atom. The van der Waals surface area contributed by atoms with Gasteiger partial charge in [0.25, 0.3) is 0 Å². The third-order valence-electron chi connectivity index (χ3n) is 1.11. The summed E-state index contributed by atoms with van der Waals surface area (Å²) in [5, 5.41) is 7.89. The van der Waals surface area contributed by atoms with E-state index in [2.05, 4.69) is 12.6 Å². The summed E-state index contributed by atoms with van der Waals surface area (Å²) in [6.45, 7) is 4.60. The number of nitrogen functional groups attached to an aromatic ring is 1. The number of aliphatic carboxylic acids is 1. The molecule has 0 fully saturated rings. The minimum absolute atomic E-state index is 0.176. The Bertz CT molecular complexity index is 268. The number of benzene rings is 1. The van der Waals surface area contributed by atoms with Gasteiger partial charge < -0.3 is 10.8 Å². The van der Waals surface area contributed by atoms with Gasteiger partial charge in [0.05, 0.1) is 0 Å². The van der Waals surface area contributed by atoms with Gasteiger partial charge >= 0.3 is 5.97 Å². The summed E-state index contributed by atoms with van der Waals surface area (Å²) in [6.07, 6.45) is 0. The molecule has 0 unspecified atom stereocenters. The van der Waals surface area contributed by atoms with Crippen molar-refractivity contribution < 1.29 is 9.90 Å². The van der Waals surface area contributed by atoms with Gasteiger partial charge in [0.1, 0.15) is 0 Å². The molecule has 0 aliphatic heterocycles. The maximum absolute atomic E-state index is 9.60. The smallest absolute Gasteiger partial charge is 0.330 e. The number of carbonyl (C=O) groups is 1. The molecular formula is C10H12NO2. The van der Waals surface area contributed by atoms with Crippen LogP contribution < -0.4 is 5.73 Å². The Hall–Kier alpha value is -1.77. The molecule has 0 aromatic heterocycles. The standard InChI is InChI=1S/C6H6N.C4H6O2/c7-6-4-2-1-3-5-6;1-3(2)4(5)6/h2-5H,7H2;1H2,2H3,(H,5,6). The molecule has 3 nitrogen and oxygen atoms in total. The first-order valence-corrected chi connectivity index (χ1v) is 3.64. The summed E-state index contributed by atoms with van der Waals surface area (Å²) >= 11 is 0.